The van der Waals surface area contributed by atoms with Gasteiger partial charge in [-0.15, -0.1) is 0 Å². The minimum Gasteiger partial charge on any atom is -0.504 e. The molecule has 3 N–H and O–H groups in total. The Labute approximate surface area is 309 Å². The van der Waals surface area contributed by atoms with Gasteiger partial charge in [-0.2, -0.15) is 8.78 Å². The van der Waals surface area contributed by atoms with E-state index in [-0.39, 0.29) is 21.9 Å². The Kier molecular flexibility index (Phi) is 8.09. The second-order valence-electron chi connectivity index (χ2n) is 12.3. The number of benzene rings is 7. The Bertz CT molecular complexity index is 3010. The lowest BCUT2D eigenvalue weighted by atomic mass is 9.86. The Balaban J connectivity index is 1.59. The largest absolute Gasteiger partial charge is 0.504 e. The standard InChI is InChI=1S/C41H18Cl2F4O7/c42-27-15-26(40(50)51)31(43)30(41(52)53)29(27)28-24-13-22(20-11-9-16-5-1-3-7-18(16)32(20)44)36(48)34(46)38(24)54-39-25(28)14-23(37(49)35(39)47)21-12-10-17-6-2-4-8-19(17)33(21)45/h1-15,48H,(H,50,51)(H,52,53). The second-order valence-corrected chi connectivity index (χ2v) is 13.0. The molecule has 0 atom stereocenters. The molecule has 0 radical (unpaired) electrons. The average Bonchev–Trinajstić information content (AvgIpc) is 3.15. The van der Waals surface area contributed by atoms with Gasteiger partial charge in [0.05, 0.1) is 21.2 Å². The minimum atomic E-state index is -1.82. The maximum atomic E-state index is 16.4. The van der Waals surface area contributed by atoms with Gasteiger partial charge in [0.1, 0.15) is 11.6 Å². The van der Waals surface area contributed by atoms with Gasteiger partial charge in [0, 0.05) is 55.1 Å². The van der Waals surface area contributed by atoms with Gasteiger partial charge in [0.2, 0.25) is 17.1 Å². The molecule has 1 aliphatic heterocycles. The van der Waals surface area contributed by atoms with Gasteiger partial charge < -0.3 is 19.7 Å². The first-order valence-corrected chi connectivity index (χ1v) is 16.5. The van der Waals surface area contributed by atoms with Crippen LogP contribution in [0.25, 0.3) is 77.2 Å². The highest BCUT2D eigenvalue weighted by atomic mass is 35.5. The van der Waals surface area contributed by atoms with E-state index in [9.17, 15) is 29.7 Å². The lowest BCUT2D eigenvalue weighted by molar-refractivity contribution is 0.0696. The molecule has 0 aromatic heterocycles. The van der Waals surface area contributed by atoms with Crippen LogP contribution in [0.4, 0.5) is 17.6 Å². The molecule has 0 unspecified atom stereocenters. The normalized spacial score (nSPS) is 11.6. The molecule has 6 aromatic carbocycles. The van der Waals surface area contributed by atoms with Crippen molar-refractivity contribution in [1.29, 1.82) is 0 Å². The molecule has 7 nitrogen and oxygen atoms in total. The molecule has 1 aliphatic carbocycles. The Morgan fingerprint density at radius 3 is 1.74 bits per heavy atom. The Morgan fingerprint density at radius 1 is 0.593 bits per heavy atom. The number of carboxylic acid groups (broad SMARTS) is 2. The maximum absolute atomic E-state index is 16.4. The maximum Gasteiger partial charge on any atom is 0.337 e. The fourth-order valence-corrected chi connectivity index (χ4v) is 7.45. The molecule has 13 heteroatoms. The van der Waals surface area contributed by atoms with Crippen molar-refractivity contribution in [3.63, 3.8) is 0 Å². The topological polar surface area (TPSA) is 125 Å². The van der Waals surface area contributed by atoms with E-state index in [1.165, 1.54) is 36.4 Å². The number of fused-ring (bicyclic) bond motifs is 4. The summed E-state index contributed by atoms with van der Waals surface area (Å²) >= 11 is 13.0. The molecule has 266 valence electrons. The van der Waals surface area contributed by atoms with Gasteiger partial charge in [-0.05, 0) is 29.0 Å². The highest BCUT2D eigenvalue weighted by Crippen LogP contribution is 2.51. The summed E-state index contributed by atoms with van der Waals surface area (Å²) in [6.45, 7) is 0. The van der Waals surface area contributed by atoms with E-state index >= 15 is 17.6 Å². The van der Waals surface area contributed by atoms with Crippen LogP contribution in [0.3, 0.4) is 0 Å². The van der Waals surface area contributed by atoms with Gasteiger partial charge in [-0.3, -0.25) is 4.79 Å². The first kappa shape index (κ1) is 34.6. The summed E-state index contributed by atoms with van der Waals surface area (Å²) in [5.41, 5.74) is -7.14. The molecule has 2 aliphatic rings. The molecule has 0 saturated heterocycles. The molecule has 0 amide bonds. The number of aromatic carboxylic acids is 2. The number of carboxylic acids is 2. The molecular weight excluding hydrogens is 751 g/mol. The third-order valence-electron chi connectivity index (χ3n) is 9.33. The van der Waals surface area contributed by atoms with Crippen molar-refractivity contribution in [2.75, 3.05) is 0 Å². The highest BCUT2D eigenvalue weighted by Gasteiger charge is 2.34. The number of phenolic OH excluding ortho intramolecular Hbond substituents is 1. The summed E-state index contributed by atoms with van der Waals surface area (Å²) in [6.07, 6.45) is 0. The van der Waals surface area contributed by atoms with Crippen LogP contribution in [0.15, 0.2) is 100 Å². The van der Waals surface area contributed by atoms with Gasteiger partial charge in [0.25, 0.3) is 0 Å². The molecule has 0 spiro atoms. The van der Waals surface area contributed by atoms with Crippen LogP contribution in [-0.2, 0) is 0 Å². The molecule has 0 bridgehead atoms. The van der Waals surface area contributed by atoms with Crippen molar-refractivity contribution in [2.45, 2.75) is 0 Å². The van der Waals surface area contributed by atoms with Crippen molar-refractivity contribution in [1.82, 2.24) is 0 Å². The first-order chi connectivity index (χ1) is 25.8. The van der Waals surface area contributed by atoms with Crippen LogP contribution < -0.4 is 5.43 Å². The van der Waals surface area contributed by atoms with Crippen LogP contribution >= 0.6 is 23.2 Å². The zero-order chi connectivity index (χ0) is 38.3. The van der Waals surface area contributed by atoms with E-state index in [0.717, 1.165) is 18.2 Å². The lowest BCUT2D eigenvalue weighted by Gasteiger charge is -2.21. The van der Waals surface area contributed by atoms with Gasteiger partial charge in [-0.25, -0.2) is 18.4 Å². The lowest BCUT2D eigenvalue weighted by Crippen LogP contribution is -2.14. The fraction of sp³-hybridized carbons (Fsp3) is 0. The quantitative estimate of drug-likeness (QED) is 0.118. The van der Waals surface area contributed by atoms with Crippen molar-refractivity contribution in [3.05, 3.63) is 146 Å². The van der Waals surface area contributed by atoms with E-state index in [0.29, 0.717) is 10.8 Å². The SMILES string of the molecule is O=C(O)c1cc(Cl)c(-c2c3cc(-c4ccc5ccccc5c4F)c(=O)c(F)c-3oc3c(F)c(O)c(-c4ccc5ccccc5c4F)cc23)c(C(=O)O)c1Cl. The van der Waals surface area contributed by atoms with Crippen LogP contribution in [0.5, 0.6) is 5.75 Å². The highest BCUT2D eigenvalue weighted by molar-refractivity contribution is 6.41. The van der Waals surface area contributed by atoms with Crippen LogP contribution in [0.1, 0.15) is 20.7 Å². The van der Waals surface area contributed by atoms with E-state index in [1.807, 2.05) is 0 Å². The summed E-state index contributed by atoms with van der Waals surface area (Å²) in [5, 5.41) is 30.6. The predicted octanol–water partition coefficient (Wildman–Crippen LogP) is 11.2. The molecule has 1 heterocycles. The number of carbonyl (C=O) groups is 2. The van der Waals surface area contributed by atoms with Crippen LogP contribution in [0.2, 0.25) is 10.0 Å². The Hall–Kier alpha value is -6.43. The second kappa shape index (κ2) is 12.6. The van der Waals surface area contributed by atoms with E-state index in [4.69, 9.17) is 27.6 Å². The average molecular weight is 769 g/mol. The van der Waals surface area contributed by atoms with Crippen LogP contribution in [0, 0.1) is 23.3 Å². The number of hydrogen-bond donors (Lipinski definition) is 3. The smallest absolute Gasteiger partial charge is 0.337 e. The van der Waals surface area contributed by atoms with Gasteiger partial charge >= 0.3 is 11.9 Å². The molecule has 54 heavy (non-hydrogen) atoms. The van der Waals surface area contributed by atoms with E-state index in [1.54, 1.807) is 36.4 Å². The molecule has 6 aromatic rings. The fourth-order valence-electron chi connectivity index (χ4n) is 6.84. The Morgan fingerprint density at radius 2 is 1.17 bits per heavy atom. The van der Waals surface area contributed by atoms with Gasteiger partial charge in [-0.1, -0.05) is 96.0 Å². The molecule has 0 saturated carbocycles. The summed E-state index contributed by atoms with van der Waals surface area (Å²) in [5.74, 6) is -10.5. The van der Waals surface area contributed by atoms with Crippen molar-refractivity contribution < 1.29 is 46.9 Å². The third kappa shape index (κ3) is 5.07. The zero-order valence-corrected chi connectivity index (χ0v) is 28.4. The van der Waals surface area contributed by atoms with Crippen molar-refractivity contribution in [2.24, 2.45) is 0 Å². The number of phenols is 1. The summed E-state index contributed by atoms with van der Waals surface area (Å²) in [4.78, 5) is 38.5. The van der Waals surface area contributed by atoms with Crippen molar-refractivity contribution >= 4 is 67.7 Å². The van der Waals surface area contributed by atoms with E-state index in [2.05, 4.69) is 0 Å². The molecular formula is C41H18Cl2F4O7. The molecule has 0 fully saturated rings. The van der Waals surface area contributed by atoms with Crippen LogP contribution in [-0.4, -0.2) is 27.3 Å². The predicted molar refractivity (Wildman–Crippen MR) is 196 cm³/mol. The summed E-state index contributed by atoms with van der Waals surface area (Å²) in [6, 6.07) is 21.0. The third-order valence-corrected chi connectivity index (χ3v) is 10.0. The summed E-state index contributed by atoms with van der Waals surface area (Å²) in [7, 11) is 0. The summed E-state index contributed by atoms with van der Waals surface area (Å²) < 4.78 is 70.6. The minimum absolute atomic E-state index is 0.0881. The number of halogens is 6. The zero-order valence-electron chi connectivity index (χ0n) is 26.9. The number of rotatable bonds is 5. The van der Waals surface area contributed by atoms with E-state index < -0.39 is 112 Å². The number of hydrogen-bond acceptors (Lipinski definition) is 5. The number of aromatic hydroxyl groups is 1. The first-order valence-electron chi connectivity index (χ1n) is 15.8. The van der Waals surface area contributed by atoms with Gasteiger partial charge in [0.15, 0.2) is 17.1 Å². The van der Waals surface area contributed by atoms with Crippen molar-refractivity contribution in [3.8, 4) is 50.5 Å². The molecule has 8 rings (SSSR count). The monoisotopic (exact) mass is 768 g/mol.